The molecule has 5 heteroatoms. The fraction of sp³-hybridized carbons (Fsp3) is 0.667. The van der Waals surface area contributed by atoms with Crippen LogP contribution in [0, 0.1) is 5.92 Å². The normalized spacial score (nSPS) is 26.4. The van der Waals surface area contributed by atoms with Gasteiger partial charge in [-0.1, -0.05) is 6.42 Å². The summed E-state index contributed by atoms with van der Waals surface area (Å²) < 4.78 is 23.4. The van der Waals surface area contributed by atoms with Gasteiger partial charge in [0.2, 0.25) is 0 Å². The molecule has 0 spiro atoms. The van der Waals surface area contributed by atoms with E-state index in [-0.39, 0.29) is 17.0 Å². The molecule has 0 aliphatic heterocycles. The lowest BCUT2D eigenvalue weighted by Crippen LogP contribution is -2.30. The molecule has 2 aliphatic carbocycles. The van der Waals surface area contributed by atoms with E-state index >= 15 is 0 Å². The fourth-order valence-corrected chi connectivity index (χ4v) is 5.87. The Bertz CT molecular complexity index is 606. The van der Waals surface area contributed by atoms with E-state index in [4.69, 9.17) is 0 Å². The maximum Gasteiger partial charge on any atom is 0.175 e. The van der Waals surface area contributed by atoms with Crippen molar-refractivity contribution in [1.82, 2.24) is 0 Å². The number of hydrogen-bond acceptors (Lipinski definition) is 4. The van der Waals surface area contributed by atoms with Gasteiger partial charge in [-0.05, 0) is 50.2 Å². The second kappa shape index (κ2) is 5.26. The van der Waals surface area contributed by atoms with E-state index in [1.807, 2.05) is 0 Å². The summed E-state index contributed by atoms with van der Waals surface area (Å²) in [5, 5.41) is -0.322. The minimum atomic E-state index is -3.02. The number of rotatable bonds is 3. The van der Waals surface area contributed by atoms with E-state index in [1.54, 1.807) is 11.3 Å². The minimum Gasteiger partial charge on any atom is -0.293 e. The van der Waals surface area contributed by atoms with Crippen molar-refractivity contribution >= 4 is 27.0 Å². The highest BCUT2D eigenvalue weighted by atomic mass is 32.2. The lowest BCUT2D eigenvalue weighted by Gasteiger charge is -2.26. The molecule has 0 amide bonds. The van der Waals surface area contributed by atoms with Gasteiger partial charge in [0.15, 0.2) is 5.78 Å². The Hall–Kier alpha value is -0.680. The van der Waals surface area contributed by atoms with Crippen LogP contribution in [-0.4, -0.2) is 25.7 Å². The second-order valence-electron chi connectivity index (χ2n) is 6.09. The monoisotopic (exact) mass is 312 g/mol. The third-order valence-corrected chi connectivity index (χ3v) is 7.48. The summed E-state index contributed by atoms with van der Waals surface area (Å²) in [4.78, 5) is 14.8. The number of carbonyl (C=O) groups excluding carboxylic acids is 1. The smallest absolute Gasteiger partial charge is 0.175 e. The van der Waals surface area contributed by atoms with Gasteiger partial charge in [0, 0.05) is 17.1 Å². The molecule has 1 aromatic heterocycles. The molecule has 1 aromatic rings. The molecule has 2 aliphatic rings. The highest BCUT2D eigenvalue weighted by Crippen LogP contribution is 2.35. The molecule has 3 rings (SSSR count). The summed E-state index contributed by atoms with van der Waals surface area (Å²) in [6.45, 7) is 0. The predicted molar refractivity (Wildman–Crippen MR) is 81.3 cm³/mol. The Balaban J connectivity index is 1.76. The van der Waals surface area contributed by atoms with Gasteiger partial charge in [-0.15, -0.1) is 11.3 Å². The molecular weight excluding hydrogens is 292 g/mol. The van der Waals surface area contributed by atoms with E-state index in [0.717, 1.165) is 30.6 Å². The topological polar surface area (TPSA) is 51.2 Å². The number of ketones is 1. The van der Waals surface area contributed by atoms with E-state index in [2.05, 4.69) is 6.07 Å². The zero-order valence-electron chi connectivity index (χ0n) is 11.7. The molecule has 2 unspecified atom stereocenters. The molecule has 0 aromatic carbocycles. The lowest BCUT2D eigenvalue weighted by atomic mass is 9.85. The third kappa shape index (κ3) is 2.70. The number of Topliss-reactive ketones (excluding diaryl/α,β-unsaturated/α-hetero) is 1. The maximum absolute atomic E-state index is 12.6. The number of sulfone groups is 1. The second-order valence-corrected chi connectivity index (χ2v) is 9.55. The van der Waals surface area contributed by atoms with Crippen LogP contribution in [0.5, 0.6) is 0 Å². The Kier molecular flexibility index (Phi) is 3.75. The number of aryl methyl sites for hydroxylation is 2. The van der Waals surface area contributed by atoms with Crippen molar-refractivity contribution in [2.24, 2.45) is 5.92 Å². The quantitative estimate of drug-likeness (QED) is 0.806. The highest BCUT2D eigenvalue weighted by Gasteiger charge is 2.33. The van der Waals surface area contributed by atoms with Crippen molar-refractivity contribution in [1.29, 1.82) is 0 Å². The summed E-state index contributed by atoms with van der Waals surface area (Å²) in [5.41, 5.74) is 1.34. The zero-order chi connectivity index (χ0) is 14.3. The van der Waals surface area contributed by atoms with Crippen LogP contribution in [0.25, 0.3) is 0 Å². The average molecular weight is 312 g/mol. The number of thiophene rings is 1. The van der Waals surface area contributed by atoms with Gasteiger partial charge in [0.25, 0.3) is 0 Å². The first kappa shape index (κ1) is 14.3. The summed E-state index contributed by atoms with van der Waals surface area (Å²) in [7, 11) is -3.02. The maximum atomic E-state index is 12.6. The number of carbonyl (C=O) groups is 1. The minimum absolute atomic E-state index is 0.0951. The van der Waals surface area contributed by atoms with Crippen LogP contribution in [0.1, 0.15) is 52.2 Å². The van der Waals surface area contributed by atoms with Crippen molar-refractivity contribution < 1.29 is 13.2 Å². The molecule has 0 saturated heterocycles. The van der Waals surface area contributed by atoms with Crippen LogP contribution in [0.2, 0.25) is 0 Å². The van der Waals surface area contributed by atoms with Crippen LogP contribution in [-0.2, 0) is 22.7 Å². The third-order valence-electron chi connectivity index (χ3n) is 4.59. The van der Waals surface area contributed by atoms with Crippen molar-refractivity contribution in [3.63, 3.8) is 0 Å². The van der Waals surface area contributed by atoms with Crippen molar-refractivity contribution in [3.8, 4) is 0 Å². The SMILES string of the molecule is CS(=O)(=O)C1CCCC(C(=O)c2cc3c(s2)CCC3)C1. The van der Waals surface area contributed by atoms with Crippen molar-refractivity contribution in [3.05, 3.63) is 21.4 Å². The van der Waals surface area contributed by atoms with Gasteiger partial charge in [-0.3, -0.25) is 4.79 Å². The van der Waals surface area contributed by atoms with Crippen LogP contribution in [0.3, 0.4) is 0 Å². The molecule has 3 nitrogen and oxygen atoms in total. The van der Waals surface area contributed by atoms with Gasteiger partial charge in [0.05, 0.1) is 10.1 Å². The average Bonchev–Trinajstić information content (AvgIpc) is 2.97. The molecular formula is C15H20O3S2. The predicted octanol–water partition coefficient (Wildman–Crippen LogP) is 3.02. The van der Waals surface area contributed by atoms with Crippen molar-refractivity contribution in [2.45, 2.75) is 50.2 Å². The first-order valence-electron chi connectivity index (χ1n) is 7.30. The first-order chi connectivity index (χ1) is 9.45. The van der Waals surface area contributed by atoms with Gasteiger partial charge >= 0.3 is 0 Å². The van der Waals surface area contributed by atoms with Gasteiger partial charge in [-0.2, -0.15) is 0 Å². The molecule has 2 atom stereocenters. The fourth-order valence-electron chi connectivity index (χ4n) is 3.42. The van der Waals surface area contributed by atoms with Crippen molar-refractivity contribution in [2.75, 3.05) is 6.26 Å². The molecule has 0 radical (unpaired) electrons. The summed E-state index contributed by atoms with van der Waals surface area (Å²) >= 11 is 1.63. The number of fused-ring (bicyclic) bond motifs is 1. The molecule has 0 bridgehead atoms. The van der Waals surface area contributed by atoms with E-state index < -0.39 is 9.84 Å². The Morgan fingerprint density at radius 3 is 2.75 bits per heavy atom. The summed E-state index contributed by atoms with van der Waals surface area (Å²) in [6.07, 6.45) is 7.61. The first-order valence-corrected chi connectivity index (χ1v) is 10.1. The molecule has 0 N–H and O–H groups in total. The standard InChI is InChI=1S/C15H20O3S2/c1-20(17,18)12-6-2-5-11(8-12)15(16)14-9-10-4-3-7-13(10)19-14/h9,11-12H,2-8H2,1H3. The van der Waals surface area contributed by atoms with Crippen LogP contribution in [0.4, 0.5) is 0 Å². The zero-order valence-corrected chi connectivity index (χ0v) is 13.4. The largest absolute Gasteiger partial charge is 0.293 e. The molecule has 1 fully saturated rings. The van der Waals surface area contributed by atoms with Crippen LogP contribution >= 0.6 is 11.3 Å². The van der Waals surface area contributed by atoms with E-state index in [9.17, 15) is 13.2 Å². The number of hydrogen-bond donors (Lipinski definition) is 0. The van der Waals surface area contributed by atoms with Gasteiger partial charge in [-0.25, -0.2) is 8.42 Å². The molecule has 1 heterocycles. The molecule has 110 valence electrons. The van der Waals surface area contributed by atoms with Crippen LogP contribution < -0.4 is 0 Å². The Morgan fingerprint density at radius 1 is 1.25 bits per heavy atom. The van der Waals surface area contributed by atoms with E-state index in [1.165, 1.54) is 23.1 Å². The lowest BCUT2D eigenvalue weighted by molar-refractivity contribution is 0.0895. The Labute approximate surface area is 124 Å². The highest BCUT2D eigenvalue weighted by molar-refractivity contribution is 7.91. The summed E-state index contributed by atoms with van der Waals surface area (Å²) in [6, 6.07) is 2.05. The van der Waals surface area contributed by atoms with E-state index in [0.29, 0.717) is 12.8 Å². The van der Waals surface area contributed by atoms with Crippen LogP contribution in [0.15, 0.2) is 6.07 Å². The molecule has 20 heavy (non-hydrogen) atoms. The Morgan fingerprint density at radius 2 is 2.05 bits per heavy atom. The summed E-state index contributed by atoms with van der Waals surface area (Å²) in [5.74, 6) is 0.0833. The van der Waals surface area contributed by atoms with Gasteiger partial charge < -0.3 is 0 Å². The van der Waals surface area contributed by atoms with Gasteiger partial charge in [0.1, 0.15) is 9.84 Å². The molecule has 1 saturated carbocycles.